The largest absolute Gasteiger partial charge is 0.444 e. The summed E-state index contributed by atoms with van der Waals surface area (Å²) in [6.45, 7) is 10.2. The van der Waals surface area contributed by atoms with Crippen LogP contribution in [-0.4, -0.2) is 79.2 Å². The van der Waals surface area contributed by atoms with Crippen molar-refractivity contribution in [3.63, 3.8) is 0 Å². The molecule has 3 amide bonds. The van der Waals surface area contributed by atoms with E-state index in [0.717, 1.165) is 6.42 Å². The lowest BCUT2D eigenvalue weighted by molar-refractivity contribution is 0.0169. The molecule has 0 bridgehead atoms. The van der Waals surface area contributed by atoms with Crippen molar-refractivity contribution in [1.82, 2.24) is 20.0 Å². The van der Waals surface area contributed by atoms with Gasteiger partial charge in [0.1, 0.15) is 5.60 Å². The number of likely N-dealkylation sites (N-methyl/N-ethyl adjacent to an activating group) is 1. The Morgan fingerprint density at radius 2 is 1.62 bits per heavy atom. The van der Waals surface area contributed by atoms with Gasteiger partial charge in [-0.2, -0.15) is 0 Å². The van der Waals surface area contributed by atoms with Crippen molar-refractivity contribution in [2.24, 2.45) is 0 Å². The maximum Gasteiger partial charge on any atom is 0.410 e. The van der Waals surface area contributed by atoms with Gasteiger partial charge in [-0.05, 0) is 52.4 Å². The number of hydrogen-bond acceptors (Lipinski definition) is 4. The molecule has 1 aliphatic heterocycles. The van der Waals surface area contributed by atoms with Crippen LogP contribution >= 0.6 is 0 Å². The molecule has 2 rings (SSSR count). The summed E-state index contributed by atoms with van der Waals surface area (Å²) in [5, 5.41) is 3.05. The number of aryl methyl sites for hydroxylation is 1. The van der Waals surface area contributed by atoms with Crippen LogP contribution in [0.2, 0.25) is 0 Å². The molecule has 1 unspecified atom stereocenters. The normalized spacial score (nSPS) is 16.0. The second-order valence-electron chi connectivity index (χ2n) is 8.72. The number of piperazine rings is 1. The minimum Gasteiger partial charge on any atom is -0.444 e. The number of ether oxygens (including phenoxy) is 1. The van der Waals surface area contributed by atoms with Crippen LogP contribution in [-0.2, 0) is 11.2 Å². The van der Waals surface area contributed by atoms with Crippen molar-refractivity contribution < 1.29 is 14.3 Å². The van der Waals surface area contributed by atoms with Crippen LogP contribution in [0.4, 0.5) is 9.59 Å². The van der Waals surface area contributed by atoms with E-state index in [4.69, 9.17) is 4.74 Å². The molecule has 1 atom stereocenters. The maximum atomic E-state index is 12.6. The van der Waals surface area contributed by atoms with E-state index in [-0.39, 0.29) is 18.2 Å². The van der Waals surface area contributed by atoms with Gasteiger partial charge in [0, 0.05) is 32.7 Å². The molecule has 0 spiro atoms. The molecular formula is C22H36N4O3. The van der Waals surface area contributed by atoms with Crippen molar-refractivity contribution in [1.29, 1.82) is 0 Å². The van der Waals surface area contributed by atoms with Crippen molar-refractivity contribution in [2.75, 3.05) is 46.8 Å². The van der Waals surface area contributed by atoms with Crippen LogP contribution in [0.3, 0.4) is 0 Å². The second kappa shape index (κ2) is 9.96. The van der Waals surface area contributed by atoms with Gasteiger partial charge in [-0.1, -0.05) is 31.2 Å². The summed E-state index contributed by atoms with van der Waals surface area (Å²) in [6, 6.07) is 8.57. The fourth-order valence-corrected chi connectivity index (χ4v) is 3.29. The van der Waals surface area contributed by atoms with Gasteiger partial charge in [0.25, 0.3) is 0 Å². The predicted octanol–water partition coefficient (Wildman–Crippen LogP) is 3.11. The van der Waals surface area contributed by atoms with Gasteiger partial charge >= 0.3 is 12.1 Å². The molecule has 1 aromatic rings. The number of urea groups is 1. The Labute approximate surface area is 175 Å². The SMILES string of the molecule is CCc1ccc(C(CNC(=O)N2CCN(C(=O)OC(C)(C)C)CC2)N(C)C)cc1. The first-order valence-corrected chi connectivity index (χ1v) is 10.4. The number of hydrogen-bond donors (Lipinski definition) is 1. The van der Waals surface area contributed by atoms with Crippen LogP contribution in [0.15, 0.2) is 24.3 Å². The molecular weight excluding hydrogens is 368 g/mol. The van der Waals surface area contributed by atoms with Crippen LogP contribution in [0.5, 0.6) is 0 Å². The minimum absolute atomic E-state index is 0.0918. The Kier molecular flexibility index (Phi) is 7.90. The highest BCUT2D eigenvalue weighted by Gasteiger charge is 2.28. The van der Waals surface area contributed by atoms with Crippen LogP contribution in [0, 0.1) is 0 Å². The molecule has 1 heterocycles. The molecule has 7 heteroatoms. The second-order valence-corrected chi connectivity index (χ2v) is 8.72. The molecule has 7 nitrogen and oxygen atoms in total. The Morgan fingerprint density at radius 1 is 1.07 bits per heavy atom. The van der Waals surface area contributed by atoms with E-state index < -0.39 is 5.60 Å². The number of carbonyl (C=O) groups excluding carboxylic acids is 2. The molecule has 162 valence electrons. The van der Waals surface area contributed by atoms with E-state index in [1.807, 2.05) is 34.9 Å². The van der Waals surface area contributed by atoms with Gasteiger partial charge in [-0.15, -0.1) is 0 Å². The van der Waals surface area contributed by atoms with Gasteiger partial charge in [-0.3, -0.25) is 0 Å². The Bertz CT molecular complexity index is 674. The summed E-state index contributed by atoms with van der Waals surface area (Å²) in [4.78, 5) is 30.3. The Morgan fingerprint density at radius 3 is 2.10 bits per heavy atom. The molecule has 0 radical (unpaired) electrons. The lowest BCUT2D eigenvalue weighted by Crippen LogP contribution is -2.54. The first-order chi connectivity index (χ1) is 13.6. The topological polar surface area (TPSA) is 65.1 Å². The lowest BCUT2D eigenvalue weighted by Gasteiger charge is -2.36. The maximum absolute atomic E-state index is 12.6. The predicted molar refractivity (Wildman–Crippen MR) is 115 cm³/mol. The molecule has 0 saturated carbocycles. The van der Waals surface area contributed by atoms with Crippen molar-refractivity contribution in [2.45, 2.75) is 45.8 Å². The van der Waals surface area contributed by atoms with Crippen LogP contribution < -0.4 is 5.32 Å². The monoisotopic (exact) mass is 404 g/mol. The summed E-state index contributed by atoms with van der Waals surface area (Å²) in [5.41, 5.74) is 1.97. The zero-order valence-corrected chi connectivity index (χ0v) is 18.7. The highest BCUT2D eigenvalue weighted by Crippen LogP contribution is 2.19. The van der Waals surface area contributed by atoms with E-state index in [0.29, 0.717) is 32.7 Å². The third kappa shape index (κ3) is 6.92. The number of amides is 3. The van der Waals surface area contributed by atoms with Gasteiger partial charge in [-0.25, -0.2) is 9.59 Å². The number of nitrogens with one attached hydrogen (secondary N) is 1. The first kappa shape index (κ1) is 23.0. The fraction of sp³-hybridized carbons (Fsp3) is 0.636. The third-order valence-electron chi connectivity index (χ3n) is 5.06. The molecule has 1 aromatic carbocycles. The van der Waals surface area contributed by atoms with E-state index in [9.17, 15) is 9.59 Å². The van der Waals surface area contributed by atoms with Crippen LogP contribution in [0.1, 0.15) is 44.9 Å². The summed E-state index contributed by atoms with van der Waals surface area (Å²) in [6.07, 6.45) is 0.694. The van der Waals surface area contributed by atoms with Gasteiger partial charge in [0.2, 0.25) is 0 Å². The molecule has 1 saturated heterocycles. The summed E-state index contributed by atoms with van der Waals surface area (Å²) >= 11 is 0. The number of rotatable bonds is 5. The average Bonchev–Trinajstić information content (AvgIpc) is 2.67. The smallest absolute Gasteiger partial charge is 0.410 e. The number of benzene rings is 1. The third-order valence-corrected chi connectivity index (χ3v) is 5.06. The van der Waals surface area contributed by atoms with E-state index >= 15 is 0 Å². The highest BCUT2D eigenvalue weighted by molar-refractivity contribution is 5.75. The fourth-order valence-electron chi connectivity index (χ4n) is 3.29. The van der Waals surface area contributed by atoms with Gasteiger partial charge in [0.05, 0.1) is 6.04 Å². The molecule has 0 aliphatic carbocycles. The summed E-state index contributed by atoms with van der Waals surface area (Å²) < 4.78 is 5.41. The molecule has 1 N–H and O–H groups in total. The molecule has 0 aromatic heterocycles. The molecule has 29 heavy (non-hydrogen) atoms. The highest BCUT2D eigenvalue weighted by atomic mass is 16.6. The van der Waals surface area contributed by atoms with Gasteiger partial charge in [0.15, 0.2) is 0 Å². The molecule has 1 aliphatic rings. The van der Waals surface area contributed by atoms with Crippen molar-refractivity contribution in [3.05, 3.63) is 35.4 Å². The van der Waals surface area contributed by atoms with Gasteiger partial charge < -0.3 is 24.8 Å². The zero-order chi connectivity index (χ0) is 21.6. The Hall–Kier alpha value is -2.28. The minimum atomic E-state index is -0.512. The van der Waals surface area contributed by atoms with Crippen LogP contribution in [0.25, 0.3) is 0 Å². The van der Waals surface area contributed by atoms with Crippen molar-refractivity contribution >= 4 is 12.1 Å². The zero-order valence-electron chi connectivity index (χ0n) is 18.7. The van der Waals surface area contributed by atoms with E-state index in [2.05, 4.69) is 41.4 Å². The van der Waals surface area contributed by atoms with Crippen molar-refractivity contribution in [3.8, 4) is 0 Å². The van der Waals surface area contributed by atoms with E-state index in [1.165, 1.54) is 11.1 Å². The standard InChI is InChI=1S/C22H36N4O3/c1-7-17-8-10-18(11-9-17)19(24(5)6)16-23-20(27)25-12-14-26(15-13-25)21(28)29-22(2,3)4/h8-11,19H,7,12-16H2,1-6H3,(H,23,27). The summed E-state index contributed by atoms with van der Waals surface area (Å²) in [7, 11) is 4.04. The Balaban J connectivity index is 1.85. The van der Waals surface area contributed by atoms with E-state index in [1.54, 1.807) is 9.80 Å². The number of carbonyl (C=O) groups is 2. The summed E-state index contributed by atoms with van der Waals surface area (Å²) in [5.74, 6) is 0. The lowest BCUT2D eigenvalue weighted by atomic mass is 10.0. The average molecular weight is 405 g/mol. The first-order valence-electron chi connectivity index (χ1n) is 10.4. The molecule has 1 fully saturated rings. The quantitative estimate of drug-likeness (QED) is 0.819. The number of nitrogens with zero attached hydrogens (tertiary/aromatic N) is 3.